The molecule has 1 aromatic rings. The molecule has 0 atom stereocenters. The van der Waals surface area contributed by atoms with E-state index >= 15 is 0 Å². The Hall–Kier alpha value is -0.610. The highest BCUT2D eigenvalue weighted by Crippen LogP contribution is 2.28. The third kappa shape index (κ3) is 3.69. The van der Waals surface area contributed by atoms with Crippen molar-refractivity contribution in [2.75, 3.05) is 18.4 Å². The quantitative estimate of drug-likeness (QED) is 0.896. The van der Waals surface area contributed by atoms with E-state index in [2.05, 4.69) is 39.2 Å². The molecule has 1 fully saturated rings. The van der Waals surface area contributed by atoms with Crippen LogP contribution in [0.2, 0.25) is 0 Å². The molecule has 3 N–H and O–H groups in total. The SMILES string of the molecule is Cc1cc(NCC2CCC(CN)CC2)ncc1Br. The topological polar surface area (TPSA) is 50.9 Å². The Morgan fingerprint density at radius 1 is 1.33 bits per heavy atom. The Kier molecular flexibility index (Phi) is 5.01. The summed E-state index contributed by atoms with van der Waals surface area (Å²) in [5, 5.41) is 3.45. The van der Waals surface area contributed by atoms with Gasteiger partial charge in [0.25, 0.3) is 0 Å². The monoisotopic (exact) mass is 311 g/mol. The zero-order valence-corrected chi connectivity index (χ0v) is 12.5. The number of anilines is 1. The molecule has 0 radical (unpaired) electrons. The van der Waals surface area contributed by atoms with Crippen molar-refractivity contribution in [2.24, 2.45) is 17.6 Å². The first kappa shape index (κ1) is 13.8. The minimum absolute atomic E-state index is 0.759. The zero-order chi connectivity index (χ0) is 13.0. The van der Waals surface area contributed by atoms with Gasteiger partial charge in [0.05, 0.1) is 0 Å². The van der Waals surface area contributed by atoms with E-state index in [1.54, 1.807) is 0 Å². The standard InChI is InChI=1S/C14H22BrN3/c1-10-6-14(18-9-13(10)15)17-8-12-4-2-11(7-16)3-5-12/h6,9,11-12H,2-5,7-8,16H2,1H3,(H,17,18). The number of halogens is 1. The second-order valence-electron chi connectivity index (χ2n) is 5.32. The summed E-state index contributed by atoms with van der Waals surface area (Å²) in [7, 11) is 0. The molecule has 0 bridgehead atoms. The molecular weight excluding hydrogens is 290 g/mol. The highest BCUT2D eigenvalue weighted by molar-refractivity contribution is 9.10. The maximum atomic E-state index is 5.71. The molecule has 2 rings (SSSR count). The first-order valence-electron chi connectivity index (χ1n) is 6.75. The lowest BCUT2D eigenvalue weighted by Gasteiger charge is -2.27. The smallest absolute Gasteiger partial charge is 0.126 e. The molecule has 100 valence electrons. The van der Waals surface area contributed by atoms with Gasteiger partial charge in [-0.3, -0.25) is 0 Å². The van der Waals surface area contributed by atoms with Crippen molar-refractivity contribution in [1.82, 2.24) is 4.98 Å². The molecule has 0 spiro atoms. The minimum Gasteiger partial charge on any atom is -0.370 e. The fraction of sp³-hybridized carbons (Fsp3) is 0.643. The average molecular weight is 312 g/mol. The Morgan fingerprint density at radius 3 is 2.61 bits per heavy atom. The second-order valence-corrected chi connectivity index (χ2v) is 6.18. The Bertz CT molecular complexity index is 387. The van der Waals surface area contributed by atoms with Crippen LogP contribution in [0.25, 0.3) is 0 Å². The van der Waals surface area contributed by atoms with Crippen LogP contribution in [0.1, 0.15) is 31.2 Å². The number of nitrogens with one attached hydrogen (secondary N) is 1. The minimum atomic E-state index is 0.759. The van der Waals surface area contributed by atoms with Gasteiger partial charge in [0.2, 0.25) is 0 Å². The van der Waals surface area contributed by atoms with Crippen LogP contribution in [0.4, 0.5) is 5.82 Å². The molecule has 0 amide bonds. The van der Waals surface area contributed by atoms with Crippen LogP contribution in [0.5, 0.6) is 0 Å². The van der Waals surface area contributed by atoms with Crippen LogP contribution in [-0.2, 0) is 0 Å². The highest BCUT2D eigenvalue weighted by Gasteiger charge is 2.19. The summed E-state index contributed by atoms with van der Waals surface area (Å²) in [6.07, 6.45) is 7.03. The number of pyridine rings is 1. The molecule has 4 heteroatoms. The Labute approximate surface area is 118 Å². The van der Waals surface area contributed by atoms with Crippen LogP contribution >= 0.6 is 15.9 Å². The number of hydrogen-bond acceptors (Lipinski definition) is 3. The van der Waals surface area contributed by atoms with E-state index in [4.69, 9.17) is 5.73 Å². The van der Waals surface area contributed by atoms with E-state index in [1.165, 1.54) is 31.2 Å². The summed E-state index contributed by atoms with van der Waals surface area (Å²) < 4.78 is 1.07. The number of nitrogens with two attached hydrogens (primary N) is 1. The van der Waals surface area contributed by atoms with E-state index in [-0.39, 0.29) is 0 Å². The van der Waals surface area contributed by atoms with Gasteiger partial charge in [0, 0.05) is 17.2 Å². The number of aryl methyl sites for hydroxylation is 1. The maximum Gasteiger partial charge on any atom is 0.126 e. The molecule has 0 aliphatic heterocycles. The number of hydrogen-bond donors (Lipinski definition) is 2. The summed E-state index contributed by atoms with van der Waals surface area (Å²) in [4.78, 5) is 4.38. The average Bonchev–Trinajstić information content (AvgIpc) is 2.41. The van der Waals surface area contributed by atoms with Crippen molar-refractivity contribution in [2.45, 2.75) is 32.6 Å². The van der Waals surface area contributed by atoms with E-state index in [9.17, 15) is 0 Å². The number of aromatic nitrogens is 1. The van der Waals surface area contributed by atoms with Gasteiger partial charge in [-0.1, -0.05) is 0 Å². The third-order valence-electron chi connectivity index (χ3n) is 3.92. The van der Waals surface area contributed by atoms with Crippen LogP contribution < -0.4 is 11.1 Å². The summed E-state index contributed by atoms with van der Waals surface area (Å²) in [5.41, 5.74) is 6.94. The van der Waals surface area contributed by atoms with E-state index < -0.39 is 0 Å². The lowest BCUT2D eigenvalue weighted by atomic mass is 9.82. The fourth-order valence-electron chi connectivity index (χ4n) is 2.56. The normalized spacial score (nSPS) is 23.9. The van der Waals surface area contributed by atoms with Crippen molar-refractivity contribution < 1.29 is 0 Å². The van der Waals surface area contributed by atoms with E-state index in [0.717, 1.165) is 35.2 Å². The molecule has 1 aliphatic carbocycles. The van der Waals surface area contributed by atoms with Gasteiger partial charge in [-0.2, -0.15) is 0 Å². The van der Waals surface area contributed by atoms with Crippen LogP contribution in [0, 0.1) is 18.8 Å². The molecule has 1 saturated carbocycles. The molecular formula is C14H22BrN3. The predicted octanol–water partition coefficient (Wildman–Crippen LogP) is 3.33. The molecule has 1 aliphatic rings. The molecule has 1 heterocycles. The van der Waals surface area contributed by atoms with E-state index in [0.29, 0.717) is 0 Å². The maximum absolute atomic E-state index is 5.71. The van der Waals surface area contributed by atoms with Gasteiger partial charge in [0.1, 0.15) is 5.82 Å². The van der Waals surface area contributed by atoms with Gasteiger partial charge in [-0.25, -0.2) is 4.98 Å². The number of nitrogens with zero attached hydrogens (tertiary/aromatic N) is 1. The van der Waals surface area contributed by atoms with Gasteiger partial charge >= 0.3 is 0 Å². The highest BCUT2D eigenvalue weighted by atomic mass is 79.9. The van der Waals surface area contributed by atoms with Crippen molar-refractivity contribution in [3.05, 3.63) is 22.3 Å². The van der Waals surface area contributed by atoms with Crippen LogP contribution in [0.3, 0.4) is 0 Å². The molecule has 0 aromatic carbocycles. The van der Waals surface area contributed by atoms with Crippen molar-refractivity contribution in [3.63, 3.8) is 0 Å². The van der Waals surface area contributed by atoms with Crippen molar-refractivity contribution >= 4 is 21.7 Å². The van der Waals surface area contributed by atoms with Gasteiger partial charge in [-0.15, -0.1) is 0 Å². The van der Waals surface area contributed by atoms with Crippen LogP contribution in [-0.4, -0.2) is 18.1 Å². The largest absolute Gasteiger partial charge is 0.370 e. The molecule has 1 aromatic heterocycles. The number of rotatable bonds is 4. The summed E-state index contributed by atoms with van der Waals surface area (Å²) in [5.74, 6) is 2.52. The Balaban J connectivity index is 1.79. The first-order valence-corrected chi connectivity index (χ1v) is 7.54. The third-order valence-corrected chi connectivity index (χ3v) is 4.75. The Morgan fingerprint density at radius 2 is 2.00 bits per heavy atom. The lowest BCUT2D eigenvalue weighted by Crippen LogP contribution is -2.25. The van der Waals surface area contributed by atoms with Gasteiger partial charge in [-0.05, 0) is 78.5 Å². The van der Waals surface area contributed by atoms with Crippen molar-refractivity contribution in [1.29, 1.82) is 0 Å². The molecule has 0 saturated heterocycles. The summed E-state index contributed by atoms with van der Waals surface area (Å²) in [6, 6.07) is 2.09. The molecule has 0 unspecified atom stereocenters. The van der Waals surface area contributed by atoms with Crippen molar-refractivity contribution in [3.8, 4) is 0 Å². The lowest BCUT2D eigenvalue weighted by molar-refractivity contribution is 0.289. The van der Waals surface area contributed by atoms with Crippen LogP contribution in [0.15, 0.2) is 16.7 Å². The van der Waals surface area contributed by atoms with Gasteiger partial charge in [0.15, 0.2) is 0 Å². The van der Waals surface area contributed by atoms with Gasteiger partial charge < -0.3 is 11.1 Å². The fourth-order valence-corrected chi connectivity index (χ4v) is 2.77. The summed E-state index contributed by atoms with van der Waals surface area (Å²) in [6.45, 7) is 3.97. The predicted molar refractivity (Wildman–Crippen MR) is 79.7 cm³/mol. The zero-order valence-electron chi connectivity index (χ0n) is 11.0. The molecule has 3 nitrogen and oxygen atoms in total. The van der Waals surface area contributed by atoms with E-state index in [1.807, 2.05) is 6.20 Å². The first-order chi connectivity index (χ1) is 8.69. The summed E-state index contributed by atoms with van der Waals surface area (Å²) >= 11 is 3.47. The molecule has 18 heavy (non-hydrogen) atoms. The second kappa shape index (κ2) is 6.53.